The van der Waals surface area contributed by atoms with E-state index in [0.717, 1.165) is 74.9 Å². The molecular weight excluding hydrogens is 1060 g/mol. The fourth-order valence-corrected chi connectivity index (χ4v) is 5.72. The molecule has 0 fully saturated rings. The smallest absolute Gasteiger partial charge is 0.434 e. The SMILES string of the molecule is CNc1cnc(-c2ccncc2)cn1.CNc1cnc(-c2cnco2)cn1.CNc1cnc(-c2n[nH]c(C)n2)cn1.CNc1cnc(C(F)(F)F)cn1.CNc1cnc(C)cn1.CNc1cnc2ccccc2n1.CNc1cnccn1. The van der Waals surface area contributed by atoms with E-state index in [2.05, 4.69) is 132 Å². The number of hydrogen-bond donors (Lipinski definition) is 8. The Labute approximate surface area is 469 Å². The van der Waals surface area contributed by atoms with Crippen LogP contribution in [0.25, 0.3) is 45.3 Å². The summed E-state index contributed by atoms with van der Waals surface area (Å²) in [6.07, 6.45) is 23.8. The Kier molecular flexibility index (Phi) is 25.1. The largest absolute Gasteiger partial charge is 0.442 e. The number of aromatic nitrogens is 19. The Balaban J connectivity index is 0.000000177. The van der Waals surface area contributed by atoms with Crippen LogP contribution in [0.1, 0.15) is 17.2 Å². The Bertz CT molecular complexity index is 3460. The number of halogens is 3. The van der Waals surface area contributed by atoms with Crippen molar-refractivity contribution >= 4 is 51.8 Å². The molecule has 10 aromatic heterocycles. The van der Waals surface area contributed by atoms with Crippen LogP contribution >= 0.6 is 0 Å². The van der Waals surface area contributed by atoms with Crippen molar-refractivity contribution in [1.29, 1.82) is 0 Å². The molecule has 0 radical (unpaired) electrons. The first-order valence-electron chi connectivity index (χ1n) is 24.3. The highest BCUT2D eigenvalue weighted by Gasteiger charge is 2.32. The average molecular weight is 1120 g/mol. The number of pyridine rings is 1. The van der Waals surface area contributed by atoms with Gasteiger partial charge in [-0.25, -0.2) is 59.8 Å². The van der Waals surface area contributed by atoms with Gasteiger partial charge in [0.2, 0.25) is 5.82 Å². The molecule has 10 heterocycles. The van der Waals surface area contributed by atoms with Gasteiger partial charge in [0.05, 0.1) is 103 Å². The maximum absolute atomic E-state index is 11.9. The summed E-state index contributed by atoms with van der Waals surface area (Å²) in [6.45, 7) is 3.75. The first-order valence-corrected chi connectivity index (χ1v) is 24.3. The molecule has 0 bridgehead atoms. The van der Waals surface area contributed by atoms with E-state index in [9.17, 15) is 13.2 Å². The van der Waals surface area contributed by atoms with Crippen molar-refractivity contribution in [3.8, 4) is 34.2 Å². The van der Waals surface area contributed by atoms with Crippen molar-refractivity contribution in [2.24, 2.45) is 0 Å². The molecule has 82 heavy (non-hydrogen) atoms. The lowest BCUT2D eigenvalue weighted by Crippen LogP contribution is -2.08. The quantitative estimate of drug-likeness (QED) is 0.0644. The number of nitrogens with one attached hydrogen (secondary N) is 8. The first-order chi connectivity index (χ1) is 39.8. The maximum atomic E-state index is 11.9. The van der Waals surface area contributed by atoms with E-state index in [4.69, 9.17) is 4.42 Å². The molecule has 11 rings (SSSR count). The van der Waals surface area contributed by atoms with Crippen LogP contribution in [0.3, 0.4) is 0 Å². The zero-order valence-electron chi connectivity index (χ0n) is 45.9. The van der Waals surface area contributed by atoms with Crippen molar-refractivity contribution in [2.45, 2.75) is 20.0 Å². The zero-order chi connectivity index (χ0) is 59.0. The molecule has 0 saturated carbocycles. The molecule has 1 aromatic carbocycles. The number of nitrogens with zero attached hydrogens (tertiary/aromatic N) is 18. The van der Waals surface area contributed by atoms with Crippen molar-refractivity contribution < 1.29 is 17.6 Å². The highest BCUT2D eigenvalue weighted by molar-refractivity contribution is 5.75. The summed E-state index contributed by atoms with van der Waals surface area (Å²) >= 11 is 0. The number of anilines is 7. The predicted octanol–water partition coefficient (Wildman–Crippen LogP) is 7.92. The van der Waals surface area contributed by atoms with E-state index in [1.165, 1.54) is 6.39 Å². The van der Waals surface area contributed by atoms with Gasteiger partial charge in [-0.05, 0) is 38.1 Å². The van der Waals surface area contributed by atoms with Crippen LogP contribution in [0.15, 0.2) is 153 Å². The fourth-order valence-electron chi connectivity index (χ4n) is 5.72. The summed E-state index contributed by atoms with van der Waals surface area (Å²) in [7, 11) is 12.4. The Morgan fingerprint density at radius 1 is 0.415 bits per heavy atom. The summed E-state index contributed by atoms with van der Waals surface area (Å²) in [5, 5.41) is 26.7. The molecule has 0 aliphatic heterocycles. The lowest BCUT2D eigenvalue weighted by molar-refractivity contribution is -0.141. The van der Waals surface area contributed by atoms with Crippen LogP contribution in [-0.2, 0) is 6.18 Å². The van der Waals surface area contributed by atoms with Crippen LogP contribution in [0.4, 0.5) is 53.9 Å². The number of benzene rings is 1. The summed E-state index contributed by atoms with van der Waals surface area (Å²) in [4.78, 5) is 67.8. The fraction of sp³-hybridized carbons (Fsp3) is 0.192. The molecule has 30 heteroatoms. The number of H-pyrrole nitrogens is 1. The van der Waals surface area contributed by atoms with Crippen molar-refractivity contribution in [1.82, 2.24) is 94.9 Å². The summed E-state index contributed by atoms with van der Waals surface area (Å²) in [6, 6.07) is 11.6. The predicted molar refractivity (Wildman–Crippen MR) is 307 cm³/mol. The van der Waals surface area contributed by atoms with E-state index in [1.807, 2.05) is 78.4 Å². The van der Waals surface area contributed by atoms with Gasteiger partial charge in [-0.3, -0.25) is 30.0 Å². The Morgan fingerprint density at radius 2 is 0.927 bits per heavy atom. The van der Waals surface area contributed by atoms with E-state index in [-0.39, 0.29) is 0 Å². The molecule has 11 aromatic rings. The lowest BCUT2D eigenvalue weighted by atomic mass is 10.2. The number of para-hydroxylation sites is 2. The molecule has 0 atom stereocenters. The van der Waals surface area contributed by atoms with Gasteiger partial charge in [-0.15, -0.1) is 0 Å². The monoisotopic (exact) mass is 1120 g/mol. The second-order valence-corrected chi connectivity index (χ2v) is 15.6. The number of hydrogen-bond acceptors (Lipinski definition) is 26. The Hall–Kier alpha value is -11.1. The minimum Gasteiger partial charge on any atom is -0.442 e. The highest BCUT2D eigenvalue weighted by Crippen LogP contribution is 2.27. The van der Waals surface area contributed by atoms with Crippen molar-refractivity contribution in [2.75, 3.05) is 86.6 Å². The molecule has 424 valence electrons. The molecule has 0 unspecified atom stereocenters. The molecule has 27 nitrogen and oxygen atoms in total. The van der Waals surface area contributed by atoms with Crippen LogP contribution in [-0.4, -0.2) is 144 Å². The van der Waals surface area contributed by atoms with Gasteiger partial charge >= 0.3 is 6.18 Å². The molecule has 0 aliphatic rings. The molecule has 8 N–H and O–H groups in total. The minimum absolute atomic E-state index is 0.308. The van der Waals surface area contributed by atoms with Crippen LogP contribution in [0.2, 0.25) is 0 Å². The molecule has 0 saturated heterocycles. The van der Waals surface area contributed by atoms with Gasteiger partial charge in [-0.1, -0.05) is 12.1 Å². The average Bonchev–Trinajstić information content (AvgIpc) is 4.25. The normalized spacial score (nSPS) is 9.95. The summed E-state index contributed by atoms with van der Waals surface area (Å²) in [5.74, 6) is 6.88. The van der Waals surface area contributed by atoms with Crippen molar-refractivity contribution in [3.05, 3.63) is 165 Å². The number of alkyl halides is 3. The first kappa shape index (κ1) is 61.8. The molecule has 0 spiro atoms. The second-order valence-electron chi connectivity index (χ2n) is 15.6. The van der Waals surface area contributed by atoms with Crippen LogP contribution in [0.5, 0.6) is 0 Å². The standard InChI is InChI=1S/C10H10N4.C9H9N3.C8H10N6.C8H8N4O.C6H6F3N3.C6H9N3.C5H7N3/c1-11-10-7-13-9(6-14-10)8-2-4-12-5-3-8;1-10-9-6-11-7-4-2-3-5-8(7)12-9;1-5-12-8(14-13-5)6-3-11-7(9-2)4-10-6;1-9-8-4-11-6(2-12-8)7-3-10-5-13-7;1-10-5-3-11-4(2-12-5)6(7,8)9;1-5-3-9-6(7-2)4-8-5;1-6-5-4-7-2-3-8-5/h2-7H,1H3,(H,11,14);2-6H,1H3,(H,10,12);3-4H,1-2H3,(H,9,11)(H,12,13,14);2-5H,1H3,(H,9,12);2-3H,1H3,(H,10,12);3-4H,1-2H3,(H,7,9);2-4H,1H3,(H,6,8). The summed E-state index contributed by atoms with van der Waals surface area (Å²) < 4.78 is 40.8. The van der Waals surface area contributed by atoms with E-state index in [0.29, 0.717) is 35.0 Å². The van der Waals surface area contributed by atoms with Gasteiger partial charge in [-0.2, -0.15) is 18.3 Å². The highest BCUT2D eigenvalue weighted by atomic mass is 19.4. The third-order valence-corrected chi connectivity index (χ3v) is 9.97. The second kappa shape index (κ2) is 33.3. The van der Waals surface area contributed by atoms with Gasteiger partial charge in [0, 0.05) is 79.7 Å². The van der Waals surface area contributed by atoms with Crippen LogP contribution in [0, 0.1) is 13.8 Å². The third-order valence-electron chi connectivity index (χ3n) is 9.97. The molecular formula is C52H59F3N26O. The Morgan fingerprint density at radius 3 is 1.37 bits per heavy atom. The van der Waals surface area contributed by atoms with E-state index < -0.39 is 11.9 Å². The number of aryl methyl sites for hydroxylation is 2. The maximum Gasteiger partial charge on any atom is 0.434 e. The van der Waals surface area contributed by atoms with E-state index in [1.54, 1.807) is 114 Å². The van der Waals surface area contributed by atoms with Gasteiger partial charge < -0.3 is 41.6 Å². The van der Waals surface area contributed by atoms with Gasteiger partial charge in [0.25, 0.3) is 0 Å². The van der Waals surface area contributed by atoms with E-state index >= 15 is 0 Å². The lowest BCUT2D eigenvalue weighted by Gasteiger charge is -2.04. The topological polar surface area (TPSA) is 345 Å². The summed E-state index contributed by atoms with van der Waals surface area (Å²) in [5.41, 5.74) is 5.02. The minimum atomic E-state index is -4.42. The van der Waals surface area contributed by atoms with Crippen molar-refractivity contribution in [3.63, 3.8) is 0 Å². The number of rotatable bonds is 10. The van der Waals surface area contributed by atoms with Crippen LogP contribution < -0.4 is 37.2 Å². The van der Waals surface area contributed by atoms with Gasteiger partial charge in [0.15, 0.2) is 17.8 Å². The van der Waals surface area contributed by atoms with Gasteiger partial charge in [0.1, 0.15) is 57.9 Å². The number of oxazole rings is 1. The molecule has 0 aliphatic carbocycles. The third kappa shape index (κ3) is 21.0. The molecule has 0 amide bonds. The number of fused-ring (bicyclic) bond motifs is 1. The zero-order valence-corrected chi connectivity index (χ0v) is 45.9. The number of aromatic amines is 1.